The van der Waals surface area contributed by atoms with Gasteiger partial charge >= 0.3 is 0 Å². The predicted octanol–water partition coefficient (Wildman–Crippen LogP) is 2.48. The van der Waals surface area contributed by atoms with Gasteiger partial charge in [0.1, 0.15) is 11.5 Å². The normalized spacial score (nSPS) is 11.5. The number of hydrogen-bond acceptors (Lipinski definition) is 5. The summed E-state index contributed by atoms with van der Waals surface area (Å²) in [4.78, 5) is 7.08. The maximum Gasteiger partial charge on any atom is 0.127 e. The van der Waals surface area contributed by atoms with Gasteiger partial charge in [-0.05, 0) is 60.4 Å². The molecule has 0 spiro atoms. The summed E-state index contributed by atoms with van der Waals surface area (Å²) in [6.45, 7) is -0.474. The highest BCUT2D eigenvalue weighted by atomic mass is 16.5. The minimum atomic E-state index is -0.939. The van der Waals surface area contributed by atoms with Gasteiger partial charge in [-0.1, -0.05) is 12.1 Å². The van der Waals surface area contributed by atoms with Crippen LogP contribution in [0.1, 0.15) is 12.0 Å². The zero-order chi connectivity index (χ0) is 18.4. The van der Waals surface area contributed by atoms with Crippen molar-refractivity contribution in [2.75, 3.05) is 13.2 Å². The van der Waals surface area contributed by atoms with Gasteiger partial charge in [-0.3, -0.25) is 0 Å². The van der Waals surface area contributed by atoms with Crippen LogP contribution in [0.4, 0.5) is 0 Å². The second kappa shape index (κ2) is 8.14. The Morgan fingerprint density at radius 2 is 1.58 bits per heavy atom. The highest BCUT2D eigenvalue weighted by Crippen LogP contribution is 2.25. The molecule has 2 aromatic carbocycles. The molecule has 0 unspecified atom stereocenters. The highest BCUT2D eigenvalue weighted by molar-refractivity contribution is 5.59. The molecule has 3 rings (SSSR count). The molecule has 6 heteroatoms. The van der Waals surface area contributed by atoms with E-state index in [9.17, 15) is 10.2 Å². The molecule has 0 atom stereocenters. The Kier molecular flexibility index (Phi) is 5.68. The molecule has 0 saturated carbocycles. The standard InChI is InChI=1S/C20H23N3O3/c21-20(12-24,13-25)10-9-15-1-5-17(6-2-15)26-18-7-3-16(4-8-18)19-11-22-14-23-19/h1-8,11,14,24-25H,9-10,12-13,21H2,(H,22,23). The predicted molar refractivity (Wildman–Crippen MR) is 100.0 cm³/mol. The van der Waals surface area contributed by atoms with Crippen molar-refractivity contribution in [1.29, 1.82) is 0 Å². The van der Waals surface area contributed by atoms with E-state index in [-0.39, 0.29) is 13.2 Å². The summed E-state index contributed by atoms with van der Waals surface area (Å²) in [5.74, 6) is 1.49. The van der Waals surface area contributed by atoms with E-state index in [1.165, 1.54) is 0 Å². The van der Waals surface area contributed by atoms with Crippen LogP contribution in [0.3, 0.4) is 0 Å². The van der Waals surface area contributed by atoms with E-state index in [4.69, 9.17) is 10.5 Å². The molecule has 0 saturated heterocycles. The van der Waals surface area contributed by atoms with E-state index in [2.05, 4.69) is 9.97 Å². The van der Waals surface area contributed by atoms with Crippen molar-refractivity contribution in [3.8, 4) is 22.8 Å². The molecule has 5 N–H and O–H groups in total. The molecule has 26 heavy (non-hydrogen) atoms. The Morgan fingerprint density at radius 1 is 0.962 bits per heavy atom. The first-order valence-electron chi connectivity index (χ1n) is 8.48. The van der Waals surface area contributed by atoms with E-state index in [1.807, 2.05) is 48.5 Å². The minimum absolute atomic E-state index is 0.237. The first-order chi connectivity index (χ1) is 12.6. The fourth-order valence-corrected chi connectivity index (χ4v) is 2.58. The summed E-state index contributed by atoms with van der Waals surface area (Å²) in [5.41, 5.74) is 8.03. The van der Waals surface area contributed by atoms with Crippen LogP contribution >= 0.6 is 0 Å². The van der Waals surface area contributed by atoms with Crippen molar-refractivity contribution >= 4 is 0 Å². The van der Waals surface area contributed by atoms with Crippen molar-refractivity contribution < 1.29 is 14.9 Å². The van der Waals surface area contributed by atoms with Crippen LogP contribution in [0.5, 0.6) is 11.5 Å². The number of aromatic amines is 1. The van der Waals surface area contributed by atoms with Crippen molar-refractivity contribution in [1.82, 2.24) is 9.97 Å². The average molecular weight is 353 g/mol. The van der Waals surface area contributed by atoms with Gasteiger partial charge < -0.3 is 25.7 Å². The van der Waals surface area contributed by atoms with Crippen LogP contribution in [-0.4, -0.2) is 38.9 Å². The number of imidazole rings is 1. The second-order valence-electron chi connectivity index (χ2n) is 6.41. The van der Waals surface area contributed by atoms with Crippen LogP contribution < -0.4 is 10.5 Å². The van der Waals surface area contributed by atoms with Gasteiger partial charge in [0.2, 0.25) is 0 Å². The molecule has 0 amide bonds. The summed E-state index contributed by atoms with van der Waals surface area (Å²) in [6.07, 6.45) is 4.61. The Balaban J connectivity index is 1.59. The number of aliphatic hydroxyl groups is 2. The highest BCUT2D eigenvalue weighted by Gasteiger charge is 2.22. The maximum absolute atomic E-state index is 9.24. The van der Waals surface area contributed by atoms with E-state index < -0.39 is 5.54 Å². The second-order valence-corrected chi connectivity index (χ2v) is 6.41. The number of hydrogen-bond donors (Lipinski definition) is 4. The molecule has 0 bridgehead atoms. The average Bonchev–Trinajstić information content (AvgIpc) is 3.23. The maximum atomic E-state index is 9.24. The molecule has 6 nitrogen and oxygen atoms in total. The Morgan fingerprint density at radius 3 is 2.12 bits per heavy atom. The third-order valence-electron chi connectivity index (χ3n) is 4.36. The van der Waals surface area contributed by atoms with E-state index in [0.717, 1.165) is 28.3 Å². The number of aliphatic hydroxyl groups excluding tert-OH is 2. The smallest absolute Gasteiger partial charge is 0.127 e. The largest absolute Gasteiger partial charge is 0.457 e. The van der Waals surface area contributed by atoms with E-state index in [1.54, 1.807) is 12.5 Å². The quantitative estimate of drug-likeness (QED) is 0.498. The first kappa shape index (κ1) is 18.1. The Hall–Kier alpha value is -2.67. The number of aryl methyl sites for hydroxylation is 1. The van der Waals surface area contributed by atoms with Gasteiger partial charge in [-0.15, -0.1) is 0 Å². The lowest BCUT2D eigenvalue weighted by Crippen LogP contribution is -2.47. The van der Waals surface area contributed by atoms with Gasteiger partial charge in [0.05, 0.1) is 37.0 Å². The summed E-state index contributed by atoms with van der Waals surface area (Å²) < 4.78 is 5.86. The molecule has 0 radical (unpaired) electrons. The molecule has 1 aromatic heterocycles. The number of nitrogens with zero attached hydrogens (tertiary/aromatic N) is 1. The molecule has 0 fully saturated rings. The molecular weight excluding hydrogens is 330 g/mol. The summed E-state index contributed by atoms with van der Waals surface area (Å²) in [7, 11) is 0. The lowest BCUT2D eigenvalue weighted by atomic mass is 9.94. The number of rotatable bonds is 8. The zero-order valence-corrected chi connectivity index (χ0v) is 14.4. The monoisotopic (exact) mass is 353 g/mol. The molecule has 136 valence electrons. The molecule has 3 aromatic rings. The third-order valence-corrected chi connectivity index (χ3v) is 4.36. The fourth-order valence-electron chi connectivity index (χ4n) is 2.58. The SMILES string of the molecule is NC(CO)(CO)CCc1ccc(Oc2ccc(-c3cnc[nH]3)cc2)cc1. The molecule has 0 aliphatic heterocycles. The molecule has 1 heterocycles. The van der Waals surface area contributed by atoms with Crippen molar-refractivity contribution in [3.05, 3.63) is 66.6 Å². The molecular formula is C20H23N3O3. The number of nitrogens with one attached hydrogen (secondary N) is 1. The summed E-state index contributed by atoms with van der Waals surface area (Å²) in [6, 6.07) is 15.5. The minimum Gasteiger partial charge on any atom is -0.457 e. The van der Waals surface area contributed by atoms with Gasteiger partial charge in [-0.25, -0.2) is 4.98 Å². The first-order valence-corrected chi connectivity index (χ1v) is 8.48. The summed E-state index contributed by atoms with van der Waals surface area (Å²) in [5, 5.41) is 18.5. The Labute approximate surface area is 152 Å². The van der Waals surface area contributed by atoms with Crippen molar-refractivity contribution in [3.63, 3.8) is 0 Å². The molecule has 0 aliphatic carbocycles. The van der Waals surface area contributed by atoms with Crippen LogP contribution in [-0.2, 0) is 6.42 Å². The van der Waals surface area contributed by atoms with Gasteiger partial charge in [-0.2, -0.15) is 0 Å². The van der Waals surface area contributed by atoms with Crippen LogP contribution in [0.15, 0.2) is 61.1 Å². The van der Waals surface area contributed by atoms with Crippen LogP contribution in [0, 0.1) is 0 Å². The lowest BCUT2D eigenvalue weighted by molar-refractivity contribution is 0.115. The number of aromatic nitrogens is 2. The van der Waals surface area contributed by atoms with Gasteiger partial charge in [0, 0.05) is 0 Å². The number of ether oxygens (including phenoxy) is 1. The topological polar surface area (TPSA) is 104 Å². The third kappa shape index (κ3) is 4.49. The zero-order valence-electron chi connectivity index (χ0n) is 14.4. The van der Waals surface area contributed by atoms with E-state index >= 15 is 0 Å². The Bertz CT molecular complexity index is 795. The van der Waals surface area contributed by atoms with Gasteiger partial charge in [0.25, 0.3) is 0 Å². The lowest BCUT2D eigenvalue weighted by Gasteiger charge is -2.24. The summed E-state index contributed by atoms with van der Waals surface area (Å²) >= 11 is 0. The number of benzene rings is 2. The fraction of sp³-hybridized carbons (Fsp3) is 0.250. The van der Waals surface area contributed by atoms with Crippen molar-refractivity contribution in [2.24, 2.45) is 5.73 Å². The molecule has 0 aliphatic rings. The van der Waals surface area contributed by atoms with Gasteiger partial charge in [0.15, 0.2) is 0 Å². The van der Waals surface area contributed by atoms with E-state index in [0.29, 0.717) is 12.8 Å². The van der Waals surface area contributed by atoms with Crippen molar-refractivity contribution in [2.45, 2.75) is 18.4 Å². The van der Waals surface area contributed by atoms with Crippen LogP contribution in [0.25, 0.3) is 11.3 Å². The number of nitrogens with two attached hydrogens (primary N) is 1. The number of H-pyrrole nitrogens is 1. The van der Waals surface area contributed by atoms with Crippen LogP contribution in [0.2, 0.25) is 0 Å².